The number of pyridine rings is 1. The molecule has 0 atom stereocenters. The number of amides is 2. The van der Waals surface area contributed by atoms with Crippen molar-refractivity contribution >= 4 is 39.2 Å². The number of carbonyl (C=O) groups is 2. The van der Waals surface area contributed by atoms with Crippen molar-refractivity contribution in [3.05, 3.63) is 16.7 Å². The van der Waals surface area contributed by atoms with Crippen LogP contribution in [0.2, 0.25) is 0 Å². The van der Waals surface area contributed by atoms with E-state index in [1.807, 2.05) is 6.92 Å². The van der Waals surface area contributed by atoms with Crippen molar-refractivity contribution in [1.29, 1.82) is 0 Å². The molecule has 2 rings (SSSR count). The monoisotopic (exact) mass is 283 g/mol. The van der Waals surface area contributed by atoms with Crippen LogP contribution < -0.4 is 10.2 Å². The normalized spacial score (nSPS) is 15.5. The van der Waals surface area contributed by atoms with Crippen molar-refractivity contribution in [2.24, 2.45) is 0 Å². The second-order valence-corrected chi connectivity index (χ2v) is 4.30. The maximum atomic E-state index is 11.7. The Kier molecular flexibility index (Phi) is 2.91. The predicted octanol–water partition coefficient (Wildman–Crippen LogP) is 1.54. The van der Waals surface area contributed by atoms with Crippen molar-refractivity contribution < 1.29 is 9.59 Å². The molecule has 0 bridgehead atoms. The second-order valence-electron chi connectivity index (χ2n) is 3.39. The Labute approximate surface area is 101 Å². The molecule has 0 saturated heterocycles. The van der Waals surface area contributed by atoms with E-state index < -0.39 is 0 Å². The molecule has 1 N–H and O–H groups in total. The van der Waals surface area contributed by atoms with Gasteiger partial charge in [0.15, 0.2) is 5.82 Å². The van der Waals surface area contributed by atoms with E-state index in [9.17, 15) is 9.59 Å². The van der Waals surface area contributed by atoms with Gasteiger partial charge in [-0.05, 0) is 28.9 Å². The van der Waals surface area contributed by atoms with Crippen molar-refractivity contribution in [3.8, 4) is 0 Å². The van der Waals surface area contributed by atoms with Crippen molar-refractivity contribution in [2.75, 3.05) is 16.8 Å². The second kappa shape index (κ2) is 4.21. The molecule has 1 aromatic heterocycles. The summed E-state index contributed by atoms with van der Waals surface area (Å²) in [5.41, 5.74) is 0.562. The van der Waals surface area contributed by atoms with Crippen LogP contribution in [-0.2, 0) is 9.59 Å². The lowest BCUT2D eigenvalue weighted by Gasteiger charge is -2.18. The van der Waals surface area contributed by atoms with Crippen LogP contribution in [0.3, 0.4) is 0 Å². The fourth-order valence-corrected chi connectivity index (χ4v) is 1.94. The highest BCUT2D eigenvalue weighted by molar-refractivity contribution is 9.10. The average Bonchev–Trinajstić information content (AvgIpc) is 2.32. The van der Waals surface area contributed by atoms with E-state index in [1.165, 1.54) is 4.90 Å². The van der Waals surface area contributed by atoms with Gasteiger partial charge in [-0.25, -0.2) is 4.98 Å². The number of rotatable bonds is 1. The summed E-state index contributed by atoms with van der Waals surface area (Å²) in [5.74, 6) is -0.0303. The molecule has 0 spiro atoms. The molecule has 2 amide bonds. The summed E-state index contributed by atoms with van der Waals surface area (Å²) in [6.07, 6.45) is 1.47. The first kappa shape index (κ1) is 11.1. The number of hydrogen-bond acceptors (Lipinski definition) is 3. The summed E-state index contributed by atoms with van der Waals surface area (Å²) in [7, 11) is 0. The molecular weight excluding hydrogens is 274 g/mol. The molecule has 0 fully saturated rings. The van der Waals surface area contributed by atoms with Gasteiger partial charge in [0.25, 0.3) is 0 Å². The van der Waals surface area contributed by atoms with Gasteiger partial charge in [0, 0.05) is 17.2 Å². The lowest BCUT2D eigenvalue weighted by molar-refractivity contribution is -0.124. The molecule has 6 heteroatoms. The highest BCUT2D eigenvalue weighted by atomic mass is 79.9. The molecule has 0 radical (unpaired) electrons. The number of nitrogens with zero attached hydrogens (tertiary/aromatic N) is 2. The maximum absolute atomic E-state index is 11.7. The lowest BCUT2D eigenvalue weighted by atomic mass is 10.3. The zero-order valence-electron chi connectivity index (χ0n) is 8.66. The van der Waals surface area contributed by atoms with Crippen molar-refractivity contribution in [3.63, 3.8) is 0 Å². The summed E-state index contributed by atoms with van der Waals surface area (Å²) < 4.78 is 0.761. The largest absolute Gasteiger partial charge is 0.322 e. The SMILES string of the molecule is CCN1C(=O)CC(=O)Nc2cc(Br)cnc21. The lowest BCUT2D eigenvalue weighted by Crippen LogP contribution is -2.31. The molecule has 1 aliphatic heterocycles. The highest BCUT2D eigenvalue weighted by Gasteiger charge is 2.26. The Morgan fingerprint density at radius 2 is 2.31 bits per heavy atom. The number of aromatic nitrogens is 1. The van der Waals surface area contributed by atoms with E-state index in [0.717, 1.165) is 4.47 Å². The minimum atomic E-state index is -0.304. The zero-order valence-corrected chi connectivity index (χ0v) is 10.2. The third-order valence-corrected chi connectivity index (χ3v) is 2.73. The first-order valence-corrected chi connectivity index (χ1v) is 5.67. The van der Waals surface area contributed by atoms with Gasteiger partial charge in [-0.2, -0.15) is 0 Å². The van der Waals surface area contributed by atoms with Crippen LogP contribution in [0.1, 0.15) is 13.3 Å². The minimum Gasteiger partial charge on any atom is -0.322 e. The van der Waals surface area contributed by atoms with E-state index in [-0.39, 0.29) is 18.2 Å². The quantitative estimate of drug-likeness (QED) is 0.796. The fourth-order valence-electron chi connectivity index (χ4n) is 1.61. The van der Waals surface area contributed by atoms with Crippen molar-refractivity contribution in [2.45, 2.75) is 13.3 Å². The minimum absolute atomic E-state index is 0.137. The van der Waals surface area contributed by atoms with Gasteiger partial charge in [0.1, 0.15) is 6.42 Å². The number of anilines is 2. The molecule has 0 aromatic carbocycles. The Bertz CT molecular complexity index is 461. The van der Waals surface area contributed by atoms with Crippen LogP contribution >= 0.6 is 15.9 Å². The summed E-state index contributed by atoms with van der Waals surface area (Å²) in [4.78, 5) is 28.8. The highest BCUT2D eigenvalue weighted by Crippen LogP contribution is 2.29. The number of nitrogens with one attached hydrogen (secondary N) is 1. The van der Waals surface area contributed by atoms with Crippen LogP contribution in [0.4, 0.5) is 11.5 Å². The van der Waals surface area contributed by atoms with Crippen LogP contribution in [0.5, 0.6) is 0 Å². The summed E-state index contributed by atoms with van der Waals surface area (Å²) in [5, 5.41) is 2.66. The summed E-state index contributed by atoms with van der Waals surface area (Å²) in [6, 6.07) is 1.74. The Balaban J connectivity index is 2.53. The third kappa shape index (κ3) is 1.92. The first-order valence-electron chi connectivity index (χ1n) is 4.87. The van der Waals surface area contributed by atoms with E-state index >= 15 is 0 Å². The van der Waals surface area contributed by atoms with Gasteiger partial charge in [0.05, 0.1) is 5.69 Å². The molecule has 1 aromatic rings. The van der Waals surface area contributed by atoms with Gasteiger partial charge < -0.3 is 5.32 Å². The van der Waals surface area contributed by atoms with E-state index in [4.69, 9.17) is 0 Å². The molecule has 0 unspecified atom stereocenters. The molecule has 1 aliphatic rings. The Hall–Kier alpha value is -1.43. The molecule has 84 valence electrons. The topological polar surface area (TPSA) is 62.3 Å². The zero-order chi connectivity index (χ0) is 11.7. The standard InChI is InChI=1S/C10H10BrN3O2/c1-2-14-9(16)4-8(15)13-7-3-6(11)5-12-10(7)14/h3,5H,2,4H2,1H3,(H,13,15). The van der Waals surface area contributed by atoms with E-state index in [1.54, 1.807) is 12.3 Å². The summed E-state index contributed by atoms with van der Waals surface area (Å²) in [6.45, 7) is 2.34. The Morgan fingerprint density at radius 1 is 1.56 bits per heavy atom. The van der Waals surface area contributed by atoms with Gasteiger partial charge in [0.2, 0.25) is 11.8 Å². The number of carbonyl (C=O) groups excluding carboxylic acids is 2. The van der Waals surface area contributed by atoms with Crippen molar-refractivity contribution in [1.82, 2.24) is 4.98 Å². The molecular formula is C10H10BrN3O2. The average molecular weight is 284 g/mol. The third-order valence-electron chi connectivity index (χ3n) is 2.29. The van der Waals surface area contributed by atoms with Gasteiger partial charge in [-0.3, -0.25) is 14.5 Å². The molecule has 5 nitrogen and oxygen atoms in total. The molecule has 0 aliphatic carbocycles. The first-order chi connectivity index (χ1) is 7.61. The van der Waals surface area contributed by atoms with Crippen LogP contribution in [0, 0.1) is 0 Å². The molecule has 16 heavy (non-hydrogen) atoms. The molecule has 2 heterocycles. The van der Waals surface area contributed by atoms with Crippen LogP contribution in [0.15, 0.2) is 16.7 Å². The van der Waals surface area contributed by atoms with Gasteiger partial charge in [-0.15, -0.1) is 0 Å². The number of halogens is 1. The van der Waals surface area contributed by atoms with Gasteiger partial charge >= 0.3 is 0 Å². The molecule has 0 saturated carbocycles. The van der Waals surface area contributed by atoms with Crippen LogP contribution in [-0.4, -0.2) is 23.3 Å². The van der Waals surface area contributed by atoms with E-state index in [0.29, 0.717) is 18.1 Å². The maximum Gasteiger partial charge on any atom is 0.237 e. The number of fused-ring (bicyclic) bond motifs is 1. The summed E-state index contributed by atoms with van der Waals surface area (Å²) >= 11 is 3.28. The fraction of sp³-hybridized carbons (Fsp3) is 0.300. The van der Waals surface area contributed by atoms with E-state index in [2.05, 4.69) is 26.2 Å². The Morgan fingerprint density at radius 3 is 3.00 bits per heavy atom. The smallest absolute Gasteiger partial charge is 0.237 e. The van der Waals surface area contributed by atoms with Gasteiger partial charge in [-0.1, -0.05) is 0 Å². The predicted molar refractivity (Wildman–Crippen MR) is 63.2 cm³/mol. The van der Waals surface area contributed by atoms with Crippen LogP contribution in [0.25, 0.3) is 0 Å². The number of hydrogen-bond donors (Lipinski definition) is 1.